The van der Waals surface area contributed by atoms with Crippen LogP contribution in [0.15, 0.2) is 12.4 Å². The molecule has 0 aromatic carbocycles. The zero-order valence-corrected chi connectivity index (χ0v) is 12.1. The number of hydrogen-bond acceptors (Lipinski definition) is 4. The van der Waals surface area contributed by atoms with Crippen LogP contribution in [0.4, 0.5) is 0 Å². The van der Waals surface area contributed by atoms with Crippen molar-refractivity contribution in [1.82, 2.24) is 19.6 Å². The third-order valence-corrected chi connectivity index (χ3v) is 3.71. The molecular formula is C14H21N5O. The fourth-order valence-electron chi connectivity index (χ4n) is 2.55. The molecule has 0 spiro atoms. The molecule has 1 aromatic heterocycles. The highest BCUT2D eigenvalue weighted by Crippen LogP contribution is 2.12. The van der Waals surface area contributed by atoms with Crippen molar-refractivity contribution in [3.63, 3.8) is 0 Å². The molecule has 1 unspecified atom stereocenters. The lowest BCUT2D eigenvalue weighted by Crippen LogP contribution is -2.51. The maximum absolute atomic E-state index is 12.3. The smallest absolute Gasteiger partial charge is 0.257 e. The molecule has 1 aliphatic heterocycles. The Balaban J connectivity index is 1.91. The molecule has 0 saturated carbocycles. The van der Waals surface area contributed by atoms with Crippen molar-refractivity contribution in [2.45, 2.75) is 25.8 Å². The molecule has 1 fully saturated rings. The average Bonchev–Trinajstić information content (AvgIpc) is 2.91. The van der Waals surface area contributed by atoms with Crippen molar-refractivity contribution in [1.29, 1.82) is 5.26 Å². The van der Waals surface area contributed by atoms with Crippen LogP contribution in [0.2, 0.25) is 0 Å². The molecule has 2 heterocycles. The van der Waals surface area contributed by atoms with E-state index in [0.717, 1.165) is 25.9 Å². The lowest BCUT2D eigenvalue weighted by Gasteiger charge is -2.36. The number of carbonyl (C=O) groups excluding carboxylic acids is 1. The van der Waals surface area contributed by atoms with Crippen molar-refractivity contribution in [2.75, 3.05) is 26.2 Å². The van der Waals surface area contributed by atoms with E-state index in [0.29, 0.717) is 18.7 Å². The summed E-state index contributed by atoms with van der Waals surface area (Å²) in [6.45, 7) is 4.98. The number of rotatable bonds is 4. The highest BCUT2D eigenvalue weighted by atomic mass is 16.2. The summed E-state index contributed by atoms with van der Waals surface area (Å²) in [5.74, 6) is 0.0294. The van der Waals surface area contributed by atoms with Gasteiger partial charge in [-0.25, -0.2) is 0 Å². The molecule has 0 aliphatic carbocycles. The molecule has 0 radical (unpaired) electrons. The van der Waals surface area contributed by atoms with Gasteiger partial charge in [-0.3, -0.25) is 14.4 Å². The van der Waals surface area contributed by atoms with Crippen molar-refractivity contribution < 1.29 is 4.79 Å². The molecule has 1 saturated heterocycles. The molecule has 1 atom stereocenters. The van der Waals surface area contributed by atoms with E-state index in [9.17, 15) is 10.1 Å². The molecule has 20 heavy (non-hydrogen) atoms. The minimum atomic E-state index is -0.0179. The van der Waals surface area contributed by atoms with Gasteiger partial charge in [0, 0.05) is 39.4 Å². The Bertz CT molecular complexity index is 496. The summed E-state index contributed by atoms with van der Waals surface area (Å²) < 4.78 is 1.64. The Morgan fingerprint density at radius 2 is 2.15 bits per heavy atom. The molecule has 6 heteroatoms. The van der Waals surface area contributed by atoms with E-state index in [1.165, 1.54) is 0 Å². The molecule has 6 nitrogen and oxygen atoms in total. The normalized spacial score (nSPS) is 17.8. The van der Waals surface area contributed by atoms with Gasteiger partial charge in [0.15, 0.2) is 0 Å². The second-order valence-electron chi connectivity index (χ2n) is 5.16. The predicted molar refractivity (Wildman–Crippen MR) is 75.0 cm³/mol. The van der Waals surface area contributed by atoms with E-state index >= 15 is 0 Å². The molecule has 2 rings (SSSR count). The first-order valence-electron chi connectivity index (χ1n) is 7.07. The van der Waals surface area contributed by atoms with Gasteiger partial charge in [-0.15, -0.1) is 0 Å². The number of aryl methyl sites for hydroxylation is 1. The number of aromatic nitrogens is 2. The van der Waals surface area contributed by atoms with Gasteiger partial charge in [-0.2, -0.15) is 10.4 Å². The van der Waals surface area contributed by atoms with Gasteiger partial charge in [-0.05, 0) is 6.42 Å². The van der Waals surface area contributed by atoms with Crippen molar-refractivity contribution in [2.24, 2.45) is 7.05 Å². The molecular weight excluding hydrogens is 254 g/mol. The number of nitrogens with zero attached hydrogens (tertiary/aromatic N) is 5. The first-order valence-corrected chi connectivity index (χ1v) is 7.07. The lowest BCUT2D eigenvalue weighted by molar-refractivity contribution is 0.0601. The Morgan fingerprint density at radius 3 is 2.65 bits per heavy atom. The summed E-state index contributed by atoms with van der Waals surface area (Å²) in [7, 11) is 1.80. The molecule has 1 amide bonds. The van der Waals surface area contributed by atoms with Crippen molar-refractivity contribution in [3.05, 3.63) is 18.0 Å². The molecule has 0 N–H and O–H groups in total. The average molecular weight is 275 g/mol. The summed E-state index contributed by atoms with van der Waals surface area (Å²) in [5.41, 5.74) is 0.631. The minimum absolute atomic E-state index is 0.0179. The minimum Gasteiger partial charge on any atom is -0.336 e. The van der Waals surface area contributed by atoms with Gasteiger partial charge >= 0.3 is 0 Å². The van der Waals surface area contributed by atoms with Gasteiger partial charge in [0.25, 0.3) is 5.91 Å². The van der Waals surface area contributed by atoms with Crippen LogP contribution in [0.3, 0.4) is 0 Å². The lowest BCUT2D eigenvalue weighted by atomic mass is 10.1. The van der Waals surface area contributed by atoms with Crippen LogP contribution < -0.4 is 0 Å². The van der Waals surface area contributed by atoms with Gasteiger partial charge in [0.1, 0.15) is 0 Å². The van der Waals surface area contributed by atoms with Crippen molar-refractivity contribution >= 4 is 5.91 Å². The van der Waals surface area contributed by atoms with Crippen LogP contribution in [0.5, 0.6) is 0 Å². The third-order valence-electron chi connectivity index (χ3n) is 3.71. The number of piperazine rings is 1. The molecule has 108 valence electrons. The van der Waals surface area contributed by atoms with Gasteiger partial charge in [0.2, 0.25) is 0 Å². The van der Waals surface area contributed by atoms with Gasteiger partial charge in [-0.1, -0.05) is 13.3 Å². The fraction of sp³-hybridized carbons (Fsp3) is 0.643. The van der Waals surface area contributed by atoms with Crippen molar-refractivity contribution in [3.8, 4) is 6.07 Å². The summed E-state index contributed by atoms with van der Waals surface area (Å²) in [4.78, 5) is 16.3. The van der Waals surface area contributed by atoms with E-state index < -0.39 is 0 Å². The maximum atomic E-state index is 12.3. The predicted octanol–water partition coefficient (Wildman–Crippen LogP) is 0.870. The third kappa shape index (κ3) is 3.17. The fourth-order valence-corrected chi connectivity index (χ4v) is 2.55. The number of hydrogen-bond donors (Lipinski definition) is 0. The Kier molecular flexibility index (Phi) is 4.74. The van der Waals surface area contributed by atoms with E-state index in [1.807, 2.05) is 4.90 Å². The standard InChI is InChI=1S/C14H21N5O/c1-3-4-13(9-15)18-5-7-19(8-6-18)14(20)12-10-16-17(2)11-12/h10-11,13H,3-8H2,1-2H3. The van der Waals surface area contributed by atoms with Gasteiger partial charge in [0.05, 0.1) is 23.9 Å². The second kappa shape index (κ2) is 6.53. The highest BCUT2D eigenvalue weighted by Gasteiger charge is 2.26. The number of carbonyl (C=O) groups is 1. The quantitative estimate of drug-likeness (QED) is 0.818. The number of nitriles is 1. The van der Waals surface area contributed by atoms with Crippen LogP contribution in [0.1, 0.15) is 30.1 Å². The van der Waals surface area contributed by atoms with Crippen LogP contribution in [-0.4, -0.2) is 57.7 Å². The second-order valence-corrected chi connectivity index (χ2v) is 5.16. The Hall–Kier alpha value is -1.87. The van der Waals surface area contributed by atoms with Crippen LogP contribution in [-0.2, 0) is 7.05 Å². The first kappa shape index (κ1) is 14.5. The summed E-state index contributed by atoms with van der Waals surface area (Å²) >= 11 is 0. The first-order chi connectivity index (χ1) is 9.65. The molecule has 0 bridgehead atoms. The monoisotopic (exact) mass is 275 g/mol. The summed E-state index contributed by atoms with van der Waals surface area (Å²) in [6, 6.07) is 2.34. The summed E-state index contributed by atoms with van der Waals surface area (Å²) in [6.07, 6.45) is 5.24. The molecule has 1 aromatic rings. The van der Waals surface area contributed by atoms with Crippen LogP contribution in [0.25, 0.3) is 0 Å². The Labute approximate surface area is 119 Å². The maximum Gasteiger partial charge on any atom is 0.257 e. The zero-order valence-electron chi connectivity index (χ0n) is 12.1. The topological polar surface area (TPSA) is 65.2 Å². The van der Waals surface area contributed by atoms with Gasteiger partial charge < -0.3 is 4.90 Å². The van der Waals surface area contributed by atoms with E-state index in [1.54, 1.807) is 24.1 Å². The summed E-state index contributed by atoms with van der Waals surface area (Å²) in [5, 5.41) is 13.2. The van der Waals surface area contributed by atoms with E-state index in [4.69, 9.17) is 0 Å². The Morgan fingerprint density at radius 1 is 1.45 bits per heavy atom. The highest BCUT2D eigenvalue weighted by molar-refractivity contribution is 5.93. The number of amides is 1. The largest absolute Gasteiger partial charge is 0.336 e. The molecule has 1 aliphatic rings. The SMILES string of the molecule is CCCC(C#N)N1CCN(C(=O)c2cnn(C)c2)CC1. The van der Waals surface area contributed by atoms with E-state index in [-0.39, 0.29) is 11.9 Å². The van der Waals surface area contributed by atoms with E-state index in [2.05, 4.69) is 23.0 Å². The van der Waals surface area contributed by atoms with Crippen LogP contribution >= 0.6 is 0 Å². The zero-order chi connectivity index (χ0) is 14.5. The van der Waals surface area contributed by atoms with Crippen LogP contribution in [0, 0.1) is 11.3 Å².